The van der Waals surface area contributed by atoms with Crippen LogP contribution < -0.4 is 5.32 Å². The van der Waals surface area contributed by atoms with Gasteiger partial charge in [0, 0.05) is 22.8 Å². The Balaban J connectivity index is 1.60. The standard InChI is InChI=1S/C20H13F3N4/c21-20(22,23)16-5-7-17(8-6-16)26-19-11-15(12-25-27-19)14-4-3-13-2-1-9-24-18(13)10-14/h1-12H,(H,26,27). The van der Waals surface area contributed by atoms with Crippen molar-refractivity contribution < 1.29 is 13.2 Å². The molecular formula is C20H13F3N4. The van der Waals surface area contributed by atoms with Gasteiger partial charge in [-0.15, -0.1) is 5.10 Å². The molecule has 2 heterocycles. The van der Waals surface area contributed by atoms with E-state index in [0.717, 1.165) is 34.2 Å². The highest BCUT2D eigenvalue weighted by atomic mass is 19.4. The van der Waals surface area contributed by atoms with Crippen molar-refractivity contribution in [1.29, 1.82) is 0 Å². The summed E-state index contributed by atoms with van der Waals surface area (Å²) in [4.78, 5) is 4.34. The molecule has 0 unspecified atom stereocenters. The summed E-state index contributed by atoms with van der Waals surface area (Å²) < 4.78 is 38.0. The molecule has 134 valence electrons. The van der Waals surface area contributed by atoms with Gasteiger partial charge in [-0.3, -0.25) is 4.98 Å². The van der Waals surface area contributed by atoms with E-state index in [4.69, 9.17) is 0 Å². The maximum absolute atomic E-state index is 12.7. The van der Waals surface area contributed by atoms with Gasteiger partial charge in [-0.25, -0.2) is 0 Å². The molecule has 0 atom stereocenters. The molecule has 4 rings (SSSR count). The second kappa shape index (κ2) is 6.68. The molecule has 0 saturated heterocycles. The fraction of sp³-hybridized carbons (Fsp3) is 0.0500. The highest BCUT2D eigenvalue weighted by molar-refractivity contribution is 5.84. The van der Waals surface area contributed by atoms with E-state index in [-0.39, 0.29) is 0 Å². The van der Waals surface area contributed by atoms with E-state index < -0.39 is 11.7 Å². The summed E-state index contributed by atoms with van der Waals surface area (Å²) in [6.45, 7) is 0. The Kier molecular flexibility index (Phi) is 4.19. The lowest BCUT2D eigenvalue weighted by atomic mass is 10.1. The summed E-state index contributed by atoms with van der Waals surface area (Å²) in [6, 6.07) is 16.3. The Hall–Kier alpha value is -3.48. The summed E-state index contributed by atoms with van der Waals surface area (Å²) in [5.41, 5.74) is 2.41. The molecule has 1 N–H and O–H groups in total. The summed E-state index contributed by atoms with van der Waals surface area (Å²) in [7, 11) is 0. The number of aromatic nitrogens is 3. The zero-order valence-corrected chi connectivity index (χ0v) is 13.9. The van der Waals surface area contributed by atoms with Crippen molar-refractivity contribution >= 4 is 22.4 Å². The number of anilines is 2. The normalized spacial score (nSPS) is 11.5. The molecule has 27 heavy (non-hydrogen) atoms. The second-order valence-electron chi connectivity index (χ2n) is 5.94. The lowest BCUT2D eigenvalue weighted by molar-refractivity contribution is -0.137. The summed E-state index contributed by atoms with van der Waals surface area (Å²) in [5, 5.41) is 12.0. The molecule has 0 aliphatic heterocycles. The zero-order chi connectivity index (χ0) is 18.9. The van der Waals surface area contributed by atoms with E-state index in [1.165, 1.54) is 12.1 Å². The molecule has 2 aromatic heterocycles. The fourth-order valence-electron chi connectivity index (χ4n) is 2.72. The summed E-state index contributed by atoms with van der Waals surface area (Å²) in [6.07, 6.45) is -1.00. The smallest absolute Gasteiger partial charge is 0.339 e. The highest BCUT2D eigenvalue weighted by Crippen LogP contribution is 2.30. The molecule has 0 aliphatic rings. The molecule has 4 aromatic rings. The lowest BCUT2D eigenvalue weighted by Crippen LogP contribution is -2.04. The van der Waals surface area contributed by atoms with Crippen LogP contribution in [0.25, 0.3) is 22.0 Å². The highest BCUT2D eigenvalue weighted by Gasteiger charge is 2.29. The zero-order valence-electron chi connectivity index (χ0n) is 13.9. The van der Waals surface area contributed by atoms with Gasteiger partial charge < -0.3 is 5.32 Å². The van der Waals surface area contributed by atoms with Crippen LogP contribution in [0.1, 0.15) is 5.56 Å². The first-order chi connectivity index (χ1) is 13.0. The third-order valence-electron chi connectivity index (χ3n) is 4.08. The van der Waals surface area contributed by atoms with Gasteiger partial charge >= 0.3 is 6.18 Å². The van der Waals surface area contributed by atoms with Gasteiger partial charge in [0.05, 0.1) is 17.3 Å². The number of halogens is 3. The number of fused-ring (bicyclic) bond motifs is 1. The number of pyridine rings is 1. The Morgan fingerprint density at radius 3 is 2.44 bits per heavy atom. The van der Waals surface area contributed by atoms with Crippen molar-refractivity contribution in [3.05, 3.63) is 78.6 Å². The second-order valence-corrected chi connectivity index (χ2v) is 5.94. The third kappa shape index (κ3) is 3.72. The van der Waals surface area contributed by atoms with Crippen molar-refractivity contribution in [2.75, 3.05) is 5.32 Å². The van der Waals surface area contributed by atoms with E-state index in [9.17, 15) is 13.2 Å². The van der Waals surface area contributed by atoms with Gasteiger partial charge in [0.25, 0.3) is 0 Å². The Morgan fingerprint density at radius 2 is 1.67 bits per heavy atom. The minimum absolute atomic E-state index is 0.438. The first-order valence-corrected chi connectivity index (χ1v) is 8.11. The van der Waals surface area contributed by atoms with Gasteiger partial charge in [0.1, 0.15) is 0 Å². The monoisotopic (exact) mass is 366 g/mol. The summed E-state index contributed by atoms with van der Waals surface area (Å²) in [5.74, 6) is 0.438. The first kappa shape index (κ1) is 17.0. The van der Waals surface area contributed by atoms with E-state index >= 15 is 0 Å². The van der Waals surface area contributed by atoms with Gasteiger partial charge in [0.2, 0.25) is 0 Å². The number of hydrogen-bond acceptors (Lipinski definition) is 4. The molecule has 4 nitrogen and oxygen atoms in total. The number of nitrogens with zero attached hydrogens (tertiary/aromatic N) is 3. The van der Waals surface area contributed by atoms with Crippen molar-refractivity contribution in [2.24, 2.45) is 0 Å². The van der Waals surface area contributed by atoms with Crippen LogP contribution in [0.4, 0.5) is 24.7 Å². The Morgan fingerprint density at radius 1 is 0.852 bits per heavy atom. The Bertz CT molecular complexity index is 1090. The topological polar surface area (TPSA) is 50.7 Å². The molecular weight excluding hydrogens is 353 g/mol. The predicted octanol–water partition coefficient (Wildman–Crippen LogP) is 5.45. The predicted molar refractivity (Wildman–Crippen MR) is 97.5 cm³/mol. The fourth-order valence-corrected chi connectivity index (χ4v) is 2.72. The van der Waals surface area contributed by atoms with Crippen LogP contribution in [0, 0.1) is 0 Å². The van der Waals surface area contributed by atoms with E-state index in [0.29, 0.717) is 11.5 Å². The molecule has 7 heteroatoms. The van der Waals surface area contributed by atoms with Gasteiger partial charge in [0.15, 0.2) is 5.82 Å². The molecule has 0 amide bonds. The van der Waals surface area contributed by atoms with Crippen LogP contribution in [0.15, 0.2) is 73.1 Å². The largest absolute Gasteiger partial charge is 0.416 e. The molecule has 0 spiro atoms. The number of rotatable bonds is 3. The van der Waals surface area contributed by atoms with Gasteiger partial charge in [-0.2, -0.15) is 18.3 Å². The number of benzene rings is 2. The van der Waals surface area contributed by atoms with Crippen LogP contribution in [-0.4, -0.2) is 15.2 Å². The van der Waals surface area contributed by atoms with Crippen LogP contribution >= 0.6 is 0 Å². The van der Waals surface area contributed by atoms with Gasteiger partial charge in [-0.1, -0.05) is 18.2 Å². The Labute approximate surface area is 152 Å². The van der Waals surface area contributed by atoms with E-state index in [2.05, 4.69) is 20.5 Å². The SMILES string of the molecule is FC(F)(F)c1ccc(Nc2cc(-c3ccc4cccnc4c3)cnn2)cc1. The van der Waals surface area contributed by atoms with Crippen LogP contribution in [-0.2, 0) is 6.18 Å². The maximum atomic E-state index is 12.7. The van der Waals surface area contributed by atoms with Crippen molar-refractivity contribution in [1.82, 2.24) is 15.2 Å². The molecule has 0 radical (unpaired) electrons. The number of alkyl halides is 3. The third-order valence-corrected chi connectivity index (χ3v) is 4.08. The minimum Gasteiger partial charge on any atom is -0.339 e. The van der Waals surface area contributed by atoms with Gasteiger partial charge in [-0.05, 0) is 48.0 Å². The van der Waals surface area contributed by atoms with E-state index in [1.807, 2.05) is 30.3 Å². The maximum Gasteiger partial charge on any atom is 0.416 e. The number of nitrogens with one attached hydrogen (secondary N) is 1. The first-order valence-electron chi connectivity index (χ1n) is 8.11. The molecule has 2 aromatic carbocycles. The lowest BCUT2D eigenvalue weighted by Gasteiger charge is -2.10. The van der Waals surface area contributed by atoms with Crippen molar-refractivity contribution in [3.8, 4) is 11.1 Å². The average molecular weight is 366 g/mol. The molecule has 0 bridgehead atoms. The summed E-state index contributed by atoms with van der Waals surface area (Å²) >= 11 is 0. The van der Waals surface area contributed by atoms with Crippen LogP contribution in [0.5, 0.6) is 0 Å². The average Bonchev–Trinajstić information content (AvgIpc) is 2.67. The van der Waals surface area contributed by atoms with Crippen LogP contribution in [0.3, 0.4) is 0 Å². The number of hydrogen-bond donors (Lipinski definition) is 1. The quantitative estimate of drug-likeness (QED) is 0.523. The van der Waals surface area contributed by atoms with Crippen molar-refractivity contribution in [2.45, 2.75) is 6.18 Å². The van der Waals surface area contributed by atoms with E-state index in [1.54, 1.807) is 18.5 Å². The van der Waals surface area contributed by atoms with Crippen LogP contribution in [0.2, 0.25) is 0 Å². The molecule has 0 saturated carbocycles. The minimum atomic E-state index is -4.36. The molecule has 0 fully saturated rings. The van der Waals surface area contributed by atoms with Crippen molar-refractivity contribution in [3.63, 3.8) is 0 Å². The molecule has 0 aliphatic carbocycles.